The topological polar surface area (TPSA) is 56.1 Å². The van der Waals surface area contributed by atoms with Gasteiger partial charge in [0.1, 0.15) is 5.75 Å². The van der Waals surface area contributed by atoms with Crippen molar-refractivity contribution in [2.75, 3.05) is 11.9 Å². The average molecular weight is 407 g/mol. The lowest BCUT2D eigenvalue weighted by Crippen LogP contribution is -2.20. The van der Waals surface area contributed by atoms with E-state index in [2.05, 4.69) is 34.7 Å². The number of benzene rings is 4. The summed E-state index contributed by atoms with van der Waals surface area (Å²) in [5.74, 6) is 0.922. The molecule has 0 saturated heterocycles. The molecule has 5 rings (SSSR count). The summed E-state index contributed by atoms with van der Waals surface area (Å²) < 4.78 is 7.47. The van der Waals surface area contributed by atoms with Gasteiger partial charge in [-0.1, -0.05) is 72.8 Å². The summed E-state index contributed by atoms with van der Waals surface area (Å²) in [5, 5.41) is 11.9. The minimum absolute atomic E-state index is 0.0749. The van der Waals surface area contributed by atoms with Crippen molar-refractivity contribution in [3.8, 4) is 5.75 Å². The number of carbonyl (C=O) groups excluding carboxylic acids is 1. The molecule has 0 unspecified atom stereocenters. The summed E-state index contributed by atoms with van der Waals surface area (Å²) in [5.41, 5.74) is 1.18. The van der Waals surface area contributed by atoms with Gasteiger partial charge in [0.25, 0.3) is 5.91 Å². The standard InChI is InChI=1S/C26H21N3O2/c30-26(18-31-23-13-12-19-6-1-2-8-21(19)16-23)27-25-14-15-29(28-25)17-22-10-5-9-20-7-3-4-11-24(20)22/h1-16H,17-18H2,(H,27,28,30). The molecular formula is C26H21N3O2. The first-order valence-corrected chi connectivity index (χ1v) is 10.2. The number of hydrogen-bond donors (Lipinski definition) is 1. The third-order valence-corrected chi connectivity index (χ3v) is 5.21. The van der Waals surface area contributed by atoms with Gasteiger partial charge in [-0.05, 0) is 39.2 Å². The van der Waals surface area contributed by atoms with Crippen molar-refractivity contribution < 1.29 is 9.53 Å². The Morgan fingerprint density at radius 3 is 2.52 bits per heavy atom. The molecule has 1 N–H and O–H groups in total. The second-order valence-corrected chi connectivity index (χ2v) is 7.38. The summed E-state index contributed by atoms with van der Waals surface area (Å²) in [4.78, 5) is 12.3. The van der Waals surface area contributed by atoms with Crippen molar-refractivity contribution >= 4 is 33.3 Å². The van der Waals surface area contributed by atoms with Crippen LogP contribution in [0.2, 0.25) is 0 Å². The minimum atomic E-state index is -0.247. The van der Waals surface area contributed by atoms with Crippen LogP contribution in [0.3, 0.4) is 0 Å². The van der Waals surface area contributed by atoms with Crippen molar-refractivity contribution in [3.63, 3.8) is 0 Å². The van der Waals surface area contributed by atoms with Crippen LogP contribution in [0.4, 0.5) is 5.82 Å². The van der Waals surface area contributed by atoms with Crippen molar-refractivity contribution in [1.82, 2.24) is 9.78 Å². The largest absolute Gasteiger partial charge is 0.484 e. The first kappa shape index (κ1) is 18.9. The Labute approximate surface area is 179 Å². The van der Waals surface area contributed by atoms with Crippen molar-refractivity contribution in [1.29, 1.82) is 0 Å². The molecule has 0 radical (unpaired) electrons. The molecule has 0 fully saturated rings. The van der Waals surface area contributed by atoms with E-state index >= 15 is 0 Å². The van der Waals surface area contributed by atoms with Crippen LogP contribution in [0.1, 0.15) is 5.56 Å². The van der Waals surface area contributed by atoms with Crippen LogP contribution in [0.5, 0.6) is 5.75 Å². The Balaban J connectivity index is 1.21. The maximum Gasteiger partial charge on any atom is 0.263 e. The lowest BCUT2D eigenvalue weighted by atomic mass is 10.0. The zero-order valence-electron chi connectivity index (χ0n) is 16.9. The number of nitrogens with one attached hydrogen (secondary N) is 1. The Morgan fingerprint density at radius 1 is 0.839 bits per heavy atom. The number of hydrogen-bond acceptors (Lipinski definition) is 3. The molecule has 0 aliphatic carbocycles. The van der Waals surface area contributed by atoms with Crippen molar-refractivity contribution in [3.05, 3.63) is 103 Å². The zero-order chi connectivity index (χ0) is 21.0. The fourth-order valence-corrected chi connectivity index (χ4v) is 3.71. The maximum absolute atomic E-state index is 12.3. The molecule has 1 heterocycles. The van der Waals surface area contributed by atoms with Gasteiger partial charge in [0.15, 0.2) is 12.4 Å². The molecule has 0 aliphatic rings. The van der Waals surface area contributed by atoms with E-state index in [1.54, 1.807) is 6.07 Å². The molecule has 0 bridgehead atoms. The Bertz CT molecular complexity index is 1370. The summed E-state index contributed by atoms with van der Waals surface area (Å²) in [6, 6.07) is 30.1. The Hall–Kier alpha value is -4.12. The van der Waals surface area contributed by atoms with Crippen molar-refractivity contribution in [2.24, 2.45) is 0 Å². The van der Waals surface area contributed by atoms with Crippen LogP contribution in [0.15, 0.2) is 97.2 Å². The quantitative estimate of drug-likeness (QED) is 0.418. The third kappa shape index (κ3) is 4.26. The number of carbonyl (C=O) groups is 1. The van der Waals surface area contributed by atoms with Gasteiger partial charge in [0.05, 0.1) is 6.54 Å². The Morgan fingerprint density at radius 2 is 1.61 bits per heavy atom. The number of fused-ring (bicyclic) bond motifs is 2. The highest BCUT2D eigenvalue weighted by Gasteiger charge is 2.08. The van der Waals surface area contributed by atoms with Gasteiger partial charge in [0.2, 0.25) is 0 Å². The lowest BCUT2D eigenvalue weighted by molar-refractivity contribution is -0.118. The van der Waals surface area contributed by atoms with Crippen LogP contribution in [0, 0.1) is 0 Å². The molecule has 1 aromatic heterocycles. The van der Waals surface area contributed by atoms with Gasteiger partial charge >= 0.3 is 0 Å². The van der Waals surface area contributed by atoms with E-state index < -0.39 is 0 Å². The average Bonchev–Trinajstić information content (AvgIpc) is 3.24. The first-order chi connectivity index (χ1) is 15.2. The highest BCUT2D eigenvalue weighted by molar-refractivity contribution is 5.91. The van der Waals surface area contributed by atoms with Crippen molar-refractivity contribution in [2.45, 2.75) is 6.54 Å². The predicted octanol–water partition coefficient (Wildman–Crippen LogP) is 5.26. The van der Waals surface area contributed by atoms with E-state index in [9.17, 15) is 4.79 Å². The Kier molecular flexibility index (Phi) is 5.07. The van der Waals surface area contributed by atoms with Gasteiger partial charge in [0, 0.05) is 12.3 Å². The van der Waals surface area contributed by atoms with E-state index in [1.807, 2.05) is 71.5 Å². The molecule has 5 nitrogen and oxygen atoms in total. The number of amides is 1. The highest BCUT2D eigenvalue weighted by Crippen LogP contribution is 2.21. The van der Waals surface area contributed by atoms with Crippen LogP contribution in [-0.4, -0.2) is 22.3 Å². The summed E-state index contributed by atoms with van der Waals surface area (Å²) >= 11 is 0. The summed E-state index contributed by atoms with van der Waals surface area (Å²) in [7, 11) is 0. The first-order valence-electron chi connectivity index (χ1n) is 10.2. The SMILES string of the molecule is O=C(COc1ccc2ccccc2c1)Nc1ccn(Cc2cccc3ccccc23)n1. The fraction of sp³-hybridized carbons (Fsp3) is 0.0769. The number of rotatable bonds is 6. The van der Waals surface area contributed by atoms with E-state index in [0.717, 1.165) is 10.8 Å². The number of nitrogens with zero attached hydrogens (tertiary/aromatic N) is 2. The molecule has 0 saturated carbocycles. The third-order valence-electron chi connectivity index (χ3n) is 5.21. The van der Waals surface area contributed by atoms with E-state index in [1.165, 1.54) is 16.3 Å². The molecule has 4 aromatic carbocycles. The zero-order valence-corrected chi connectivity index (χ0v) is 16.9. The summed E-state index contributed by atoms with van der Waals surface area (Å²) in [6.45, 7) is 0.555. The van der Waals surface area contributed by atoms with E-state index in [-0.39, 0.29) is 12.5 Å². The molecule has 5 heteroatoms. The number of ether oxygens (including phenoxy) is 1. The number of anilines is 1. The maximum atomic E-state index is 12.3. The monoisotopic (exact) mass is 407 g/mol. The second kappa shape index (κ2) is 8.32. The van der Waals surface area contributed by atoms with Gasteiger partial charge in [-0.2, -0.15) is 5.10 Å². The van der Waals surface area contributed by atoms with Crippen LogP contribution in [-0.2, 0) is 11.3 Å². The molecule has 1 amide bonds. The molecule has 152 valence electrons. The highest BCUT2D eigenvalue weighted by atomic mass is 16.5. The number of aromatic nitrogens is 2. The van der Waals surface area contributed by atoms with Gasteiger partial charge in [-0.3, -0.25) is 9.48 Å². The summed E-state index contributed by atoms with van der Waals surface area (Å²) in [6.07, 6.45) is 1.86. The molecule has 0 atom stereocenters. The molecule has 0 spiro atoms. The van der Waals surface area contributed by atoms with Gasteiger partial charge < -0.3 is 10.1 Å². The fourth-order valence-electron chi connectivity index (χ4n) is 3.71. The van der Waals surface area contributed by atoms with Gasteiger partial charge in [-0.25, -0.2) is 0 Å². The normalized spacial score (nSPS) is 11.0. The lowest BCUT2D eigenvalue weighted by Gasteiger charge is -2.08. The van der Waals surface area contributed by atoms with Crippen LogP contribution >= 0.6 is 0 Å². The van der Waals surface area contributed by atoms with E-state index in [0.29, 0.717) is 18.1 Å². The minimum Gasteiger partial charge on any atom is -0.484 e. The van der Waals surface area contributed by atoms with E-state index in [4.69, 9.17) is 4.74 Å². The smallest absolute Gasteiger partial charge is 0.263 e. The predicted molar refractivity (Wildman–Crippen MR) is 123 cm³/mol. The van der Waals surface area contributed by atoms with Crippen LogP contribution < -0.4 is 10.1 Å². The molecule has 0 aliphatic heterocycles. The second-order valence-electron chi connectivity index (χ2n) is 7.38. The molecule has 31 heavy (non-hydrogen) atoms. The molecular weight excluding hydrogens is 386 g/mol. The van der Waals surface area contributed by atoms with Crippen LogP contribution in [0.25, 0.3) is 21.5 Å². The molecule has 5 aromatic rings. The van der Waals surface area contributed by atoms with Gasteiger partial charge in [-0.15, -0.1) is 0 Å².